The summed E-state index contributed by atoms with van der Waals surface area (Å²) < 4.78 is 13.1. The predicted molar refractivity (Wildman–Crippen MR) is 132 cm³/mol. The van der Waals surface area contributed by atoms with Crippen molar-refractivity contribution in [2.24, 2.45) is 0 Å². The van der Waals surface area contributed by atoms with E-state index in [4.69, 9.17) is 4.98 Å². The molecule has 1 fully saturated rings. The molecule has 2 aromatic rings. The Morgan fingerprint density at radius 2 is 2.15 bits per heavy atom. The molecular formula is C23H25FN8OS. The topological polar surface area (TPSA) is 115 Å². The minimum Gasteiger partial charge on any atom is -0.330 e. The maximum absolute atomic E-state index is 13.1. The molecule has 3 aliphatic rings. The summed E-state index contributed by atoms with van der Waals surface area (Å²) in [6.07, 6.45) is 2.82. The zero-order valence-corrected chi connectivity index (χ0v) is 19.7. The molecular weight excluding hydrogens is 455 g/mol. The first-order valence-corrected chi connectivity index (χ1v) is 11.6. The van der Waals surface area contributed by atoms with Gasteiger partial charge in [0.25, 0.3) is 0 Å². The van der Waals surface area contributed by atoms with E-state index in [0.717, 1.165) is 28.3 Å². The largest absolute Gasteiger partial charge is 0.330 e. The number of hydrogen-bond donors (Lipinski definition) is 5. The molecule has 176 valence electrons. The lowest BCUT2D eigenvalue weighted by Gasteiger charge is -2.26. The van der Waals surface area contributed by atoms with Gasteiger partial charge in [-0.2, -0.15) is 14.5 Å². The molecule has 1 aliphatic carbocycles. The quantitative estimate of drug-likeness (QED) is 0.205. The fourth-order valence-electron chi connectivity index (χ4n) is 4.12. The SMILES string of the molecule is CC(C)c1cc(Nc2nc(N3CCCC3C(=O)Nc3ccc(F)nc3)[nH]c3cc(S)cc2-3)n[nH]1. The smallest absolute Gasteiger partial charge is 0.247 e. The molecule has 0 radical (unpaired) electrons. The Morgan fingerprint density at radius 1 is 1.29 bits per heavy atom. The van der Waals surface area contributed by atoms with Gasteiger partial charge in [-0.25, -0.2) is 4.98 Å². The van der Waals surface area contributed by atoms with Gasteiger partial charge < -0.3 is 20.5 Å². The first-order chi connectivity index (χ1) is 16.4. The van der Waals surface area contributed by atoms with Gasteiger partial charge in [0.2, 0.25) is 17.8 Å². The normalized spacial score (nSPS) is 15.9. The number of nitrogens with zero attached hydrogens (tertiary/aromatic N) is 4. The lowest BCUT2D eigenvalue weighted by Crippen LogP contribution is -2.40. The first-order valence-electron chi connectivity index (χ1n) is 11.1. The molecule has 9 nitrogen and oxygen atoms in total. The second-order valence-corrected chi connectivity index (χ2v) is 9.16. The summed E-state index contributed by atoms with van der Waals surface area (Å²) in [6, 6.07) is 8.09. The second-order valence-electron chi connectivity index (χ2n) is 8.65. The van der Waals surface area contributed by atoms with Gasteiger partial charge in [-0.3, -0.25) is 9.89 Å². The molecule has 0 saturated carbocycles. The van der Waals surface area contributed by atoms with Crippen LogP contribution in [-0.4, -0.2) is 43.6 Å². The van der Waals surface area contributed by atoms with Gasteiger partial charge in [-0.15, -0.1) is 12.6 Å². The minimum atomic E-state index is -0.594. The third kappa shape index (κ3) is 4.43. The average Bonchev–Trinajstić information content (AvgIpc) is 3.54. The standard InChI is InChI=1S/C23H25FN8OS/c1-12(2)16-10-20(31-30-16)28-21-15-8-14(34)9-17(15)27-23(29-21)32-7-3-4-18(32)22(33)26-13-5-6-19(24)25-11-13/h5-6,8-12,18,34H,3-4,7H2,1-2H3,(H,26,33)(H,27,29)(H2,28,30,31). The van der Waals surface area contributed by atoms with Gasteiger partial charge in [0, 0.05) is 28.8 Å². The number of halogens is 1. The molecule has 0 spiro atoms. The average molecular weight is 481 g/mol. The fraction of sp³-hybridized carbons (Fsp3) is 0.304. The summed E-state index contributed by atoms with van der Waals surface area (Å²) >= 11 is 4.50. The van der Waals surface area contributed by atoms with Crippen LogP contribution in [0, 0.1) is 5.95 Å². The lowest BCUT2D eigenvalue weighted by atomic mass is 10.1. The van der Waals surface area contributed by atoms with E-state index in [-0.39, 0.29) is 5.91 Å². The van der Waals surface area contributed by atoms with Crippen LogP contribution in [0.5, 0.6) is 0 Å². The summed E-state index contributed by atoms with van der Waals surface area (Å²) in [6.45, 7) is 4.85. The van der Waals surface area contributed by atoms with Crippen molar-refractivity contribution in [2.75, 3.05) is 22.1 Å². The van der Waals surface area contributed by atoms with Crippen LogP contribution in [-0.2, 0) is 4.79 Å². The zero-order chi connectivity index (χ0) is 23.8. The van der Waals surface area contributed by atoms with E-state index in [9.17, 15) is 9.18 Å². The summed E-state index contributed by atoms with van der Waals surface area (Å²) in [4.78, 5) is 27.6. The van der Waals surface area contributed by atoms with Crippen molar-refractivity contribution in [3.63, 3.8) is 0 Å². The van der Waals surface area contributed by atoms with E-state index in [1.54, 1.807) is 0 Å². The van der Waals surface area contributed by atoms with Crippen molar-refractivity contribution in [1.29, 1.82) is 0 Å². The molecule has 11 heteroatoms. The van der Waals surface area contributed by atoms with E-state index in [1.165, 1.54) is 18.3 Å². The predicted octanol–water partition coefficient (Wildman–Crippen LogP) is 4.53. The van der Waals surface area contributed by atoms with E-state index in [2.05, 4.69) is 57.3 Å². The maximum atomic E-state index is 13.1. The highest BCUT2D eigenvalue weighted by molar-refractivity contribution is 7.80. The van der Waals surface area contributed by atoms with E-state index in [1.807, 2.05) is 23.1 Å². The van der Waals surface area contributed by atoms with Crippen molar-refractivity contribution in [2.45, 2.75) is 43.5 Å². The number of rotatable bonds is 6. The summed E-state index contributed by atoms with van der Waals surface area (Å²) in [5, 5.41) is 13.5. The Morgan fingerprint density at radius 3 is 2.88 bits per heavy atom. The van der Waals surface area contributed by atoms with Crippen LogP contribution in [0.3, 0.4) is 0 Å². The Hall–Kier alpha value is -3.60. The van der Waals surface area contributed by atoms with Gasteiger partial charge in [0.05, 0.1) is 17.6 Å². The van der Waals surface area contributed by atoms with Gasteiger partial charge in [0.15, 0.2) is 5.82 Å². The van der Waals surface area contributed by atoms with Crippen molar-refractivity contribution >= 4 is 41.8 Å². The molecule has 0 aromatic carbocycles. The third-order valence-corrected chi connectivity index (χ3v) is 6.14. The number of amides is 1. The Labute approximate surface area is 201 Å². The van der Waals surface area contributed by atoms with Crippen LogP contribution in [0.1, 0.15) is 38.3 Å². The molecule has 1 amide bonds. The molecule has 1 atom stereocenters. The van der Waals surface area contributed by atoms with E-state index >= 15 is 0 Å². The molecule has 1 saturated heterocycles. The van der Waals surface area contributed by atoms with Crippen LogP contribution < -0.4 is 15.5 Å². The van der Waals surface area contributed by atoms with Crippen molar-refractivity contribution in [1.82, 2.24) is 25.1 Å². The zero-order valence-electron chi connectivity index (χ0n) is 18.8. The van der Waals surface area contributed by atoms with Crippen molar-refractivity contribution < 1.29 is 9.18 Å². The van der Waals surface area contributed by atoms with Crippen molar-refractivity contribution in [3.05, 3.63) is 48.2 Å². The third-order valence-electron chi connectivity index (χ3n) is 5.88. The van der Waals surface area contributed by atoms with Gasteiger partial charge in [0.1, 0.15) is 11.9 Å². The summed E-state index contributed by atoms with van der Waals surface area (Å²) in [5.74, 6) is 1.39. The van der Waals surface area contributed by atoms with Gasteiger partial charge in [-0.05, 0) is 43.0 Å². The number of aromatic amines is 2. The molecule has 2 aromatic heterocycles. The van der Waals surface area contributed by atoms with E-state index < -0.39 is 12.0 Å². The van der Waals surface area contributed by atoms with Crippen LogP contribution >= 0.6 is 12.6 Å². The summed E-state index contributed by atoms with van der Waals surface area (Å²) in [5.41, 5.74) is 3.19. The number of aromatic nitrogens is 5. The van der Waals surface area contributed by atoms with Gasteiger partial charge >= 0.3 is 0 Å². The number of fused-ring (bicyclic) bond motifs is 1. The number of nitrogens with one attached hydrogen (secondary N) is 4. The summed E-state index contributed by atoms with van der Waals surface area (Å²) in [7, 11) is 0. The van der Waals surface area contributed by atoms with E-state index in [0.29, 0.717) is 42.2 Å². The minimum absolute atomic E-state index is 0.193. The number of anilines is 4. The fourth-order valence-corrected chi connectivity index (χ4v) is 4.38. The lowest BCUT2D eigenvalue weighted by molar-refractivity contribution is -0.117. The molecule has 34 heavy (non-hydrogen) atoms. The number of carbonyl (C=O) groups excluding carboxylic acids is 1. The van der Waals surface area contributed by atoms with Crippen LogP contribution in [0.25, 0.3) is 11.3 Å². The highest BCUT2D eigenvalue weighted by atomic mass is 32.1. The van der Waals surface area contributed by atoms with Crippen LogP contribution in [0.4, 0.5) is 27.7 Å². The Bertz CT molecular complexity index is 1280. The molecule has 5 rings (SSSR count). The van der Waals surface area contributed by atoms with Crippen LogP contribution in [0.15, 0.2) is 41.4 Å². The molecule has 4 heterocycles. The molecule has 2 aliphatic heterocycles. The number of pyridine rings is 1. The highest BCUT2D eigenvalue weighted by Crippen LogP contribution is 2.36. The highest BCUT2D eigenvalue weighted by Gasteiger charge is 2.33. The van der Waals surface area contributed by atoms with Crippen molar-refractivity contribution in [3.8, 4) is 11.3 Å². The Balaban J connectivity index is 1.44. The molecule has 4 N–H and O–H groups in total. The van der Waals surface area contributed by atoms with Gasteiger partial charge in [-0.1, -0.05) is 13.8 Å². The second kappa shape index (κ2) is 8.98. The monoisotopic (exact) mass is 480 g/mol. The maximum Gasteiger partial charge on any atom is 0.247 e. The number of hydrogen-bond acceptors (Lipinski definition) is 7. The number of thiol groups is 1. The number of carbonyl (C=O) groups is 1. The Kier molecular flexibility index (Phi) is 5.86. The molecule has 0 bridgehead atoms. The number of H-pyrrole nitrogens is 2. The molecule has 1 unspecified atom stereocenters. The first kappa shape index (κ1) is 22.2. The van der Waals surface area contributed by atoms with Crippen LogP contribution in [0.2, 0.25) is 0 Å².